The van der Waals surface area contributed by atoms with Gasteiger partial charge in [0, 0.05) is 6.20 Å². The van der Waals surface area contributed by atoms with E-state index in [1.165, 1.54) is 18.3 Å². The third-order valence-corrected chi connectivity index (χ3v) is 3.81. The van der Waals surface area contributed by atoms with Gasteiger partial charge in [0.05, 0.1) is 11.1 Å². The molecule has 0 unspecified atom stereocenters. The van der Waals surface area contributed by atoms with Crippen molar-refractivity contribution < 1.29 is 13.2 Å². The van der Waals surface area contributed by atoms with E-state index in [1.54, 1.807) is 13.8 Å². The number of amides is 1. The number of hydrogen-bond acceptors (Lipinski definition) is 4. The molecule has 0 aliphatic carbocycles. The van der Waals surface area contributed by atoms with Crippen molar-refractivity contribution in [1.82, 2.24) is 9.71 Å². The lowest BCUT2D eigenvalue weighted by atomic mass is 9.88. The largest absolute Gasteiger partial charge is 0.273 e. The van der Waals surface area contributed by atoms with E-state index in [-0.39, 0.29) is 4.90 Å². The van der Waals surface area contributed by atoms with E-state index in [4.69, 9.17) is 0 Å². The van der Waals surface area contributed by atoms with E-state index in [2.05, 4.69) is 4.98 Å². The van der Waals surface area contributed by atoms with Crippen LogP contribution in [0.3, 0.4) is 0 Å². The van der Waals surface area contributed by atoms with Crippen LogP contribution in [0.15, 0.2) is 23.2 Å². The first-order valence-electron chi connectivity index (χ1n) is 4.38. The summed E-state index contributed by atoms with van der Waals surface area (Å²) in [6.07, 6.45) is 1.48. The van der Waals surface area contributed by atoms with Crippen LogP contribution in [-0.4, -0.2) is 19.3 Å². The molecular weight excluding hydrogens is 216 g/mol. The molecule has 0 bridgehead atoms. The summed E-state index contributed by atoms with van der Waals surface area (Å²) in [6.45, 7) is 3.28. The Balaban J connectivity index is 2.82. The number of carbonyl (C=O) groups is 1. The zero-order valence-electron chi connectivity index (χ0n) is 8.31. The second-order valence-electron chi connectivity index (χ2n) is 3.91. The van der Waals surface area contributed by atoms with Crippen molar-refractivity contribution in [3.05, 3.63) is 24.0 Å². The molecule has 0 radical (unpaired) electrons. The van der Waals surface area contributed by atoms with Gasteiger partial charge in [0.2, 0.25) is 5.91 Å². The summed E-state index contributed by atoms with van der Waals surface area (Å²) in [6, 6.07) is 2.97. The van der Waals surface area contributed by atoms with E-state index in [9.17, 15) is 13.2 Å². The molecule has 0 saturated carbocycles. The van der Waals surface area contributed by atoms with E-state index >= 15 is 0 Å². The molecule has 1 amide bonds. The van der Waals surface area contributed by atoms with Gasteiger partial charge in [0.1, 0.15) is 4.90 Å². The van der Waals surface area contributed by atoms with Crippen LogP contribution >= 0.6 is 0 Å². The predicted octanol–water partition coefficient (Wildman–Crippen LogP) is 0.178. The summed E-state index contributed by atoms with van der Waals surface area (Å²) in [7, 11) is -3.72. The molecule has 6 heteroatoms. The minimum Gasteiger partial charge on any atom is -0.273 e. The molecule has 0 aromatic carbocycles. The number of pyridine rings is 1. The fourth-order valence-corrected chi connectivity index (χ4v) is 2.92. The summed E-state index contributed by atoms with van der Waals surface area (Å²) in [4.78, 5) is 15.6. The molecule has 0 atom stereocenters. The third kappa shape index (κ3) is 1.32. The van der Waals surface area contributed by atoms with Gasteiger partial charge < -0.3 is 0 Å². The summed E-state index contributed by atoms with van der Waals surface area (Å²) in [5.74, 6) is -0.547. The standard InChI is InChI=1S/C9H10N2O3S/c1-9(2)7-6(4-3-5-10-7)15(13,14)11-8(9)12/h3-5H,1-2H3,(H,11,12). The van der Waals surface area contributed by atoms with Gasteiger partial charge in [0.25, 0.3) is 10.0 Å². The second kappa shape index (κ2) is 2.79. The predicted molar refractivity (Wildman–Crippen MR) is 52.6 cm³/mol. The van der Waals surface area contributed by atoms with Crippen molar-refractivity contribution in [2.24, 2.45) is 0 Å². The number of fused-ring (bicyclic) bond motifs is 1. The first-order valence-corrected chi connectivity index (χ1v) is 5.87. The molecular formula is C9H10N2O3S. The lowest BCUT2D eigenvalue weighted by Gasteiger charge is -2.29. The number of nitrogens with zero attached hydrogens (tertiary/aromatic N) is 1. The summed E-state index contributed by atoms with van der Waals surface area (Å²) < 4.78 is 25.2. The van der Waals surface area contributed by atoms with Gasteiger partial charge in [-0.15, -0.1) is 0 Å². The lowest BCUT2D eigenvalue weighted by molar-refractivity contribution is -0.124. The highest BCUT2D eigenvalue weighted by Gasteiger charge is 2.43. The molecule has 0 fully saturated rings. The lowest BCUT2D eigenvalue weighted by Crippen LogP contribution is -2.49. The van der Waals surface area contributed by atoms with Gasteiger partial charge in [-0.3, -0.25) is 9.78 Å². The highest BCUT2D eigenvalue weighted by Crippen LogP contribution is 2.31. The molecule has 2 rings (SSSR count). The van der Waals surface area contributed by atoms with E-state index in [0.29, 0.717) is 5.69 Å². The molecule has 2 heterocycles. The maximum Gasteiger partial charge on any atom is 0.265 e. The highest BCUT2D eigenvalue weighted by atomic mass is 32.2. The summed E-state index contributed by atoms with van der Waals surface area (Å²) in [5.41, 5.74) is -0.615. The normalized spacial score (nSPS) is 21.6. The van der Waals surface area contributed by atoms with Crippen LogP contribution in [0.5, 0.6) is 0 Å². The van der Waals surface area contributed by atoms with Crippen LogP contribution in [0.4, 0.5) is 0 Å². The van der Waals surface area contributed by atoms with E-state index in [1.807, 2.05) is 4.72 Å². The van der Waals surface area contributed by atoms with Gasteiger partial charge >= 0.3 is 0 Å². The van der Waals surface area contributed by atoms with Crippen LogP contribution in [-0.2, 0) is 20.2 Å². The zero-order valence-corrected chi connectivity index (χ0v) is 9.13. The minimum absolute atomic E-state index is 0.0783. The molecule has 1 N–H and O–H groups in total. The second-order valence-corrected chi connectivity index (χ2v) is 5.56. The summed E-state index contributed by atoms with van der Waals surface area (Å²) in [5, 5.41) is 0. The van der Waals surface area contributed by atoms with Crippen LogP contribution in [0.25, 0.3) is 0 Å². The number of nitrogens with one attached hydrogen (secondary N) is 1. The number of sulfonamides is 1. The third-order valence-electron chi connectivity index (χ3n) is 2.45. The van der Waals surface area contributed by atoms with Crippen molar-refractivity contribution in [3.63, 3.8) is 0 Å². The van der Waals surface area contributed by atoms with Crippen LogP contribution in [0.1, 0.15) is 19.5 Å². The van der Waals surface area contributed by atoms with Crippen LogP contribution in [0.2, 0.25) is 0 Å². The fraction of sp³-hybridized carbons (Fsp3) is 0.333. The van der Waals surface area contributed by atoms with Crippen molar-refractivity contribution >= 4 is 15.9 Å². The molecule has 1 aliphatic rings. The first kappa shape index (κ1) is 10.1. The Labute approximate surface area is 87.6 Å². The number of rotatable bonds is 0. The zero-order chi connectivity index (χ0) is 11.3. The van der Waals surface area contributed by atoms with Gasteiger partial charge in [-0.1, -0.05) is 0 Å². The van der Waals surface area contributed by atoms with Gasteiger partial charge in [-0.25, -0.2) is 13.1 Å². The molecule has 80 valence electrons. The molecule has 15 heavy (non-hydrogen) atoms. The number of aromatic nitrogens is 1. The van der Waals surface area contributed by atoms with Gasteiger partial charge in [-0.05, 0) is 26.0 Å². The minimum atomic E-state index is -3.72. The maximum absolute atomic E-state index is 11.6. The van der Waals surface area contributed by atoms with Gasteiger partial charge in [-0.2, -0.15) is 0 Å². The Hall–Kier alpha value is -1.43. The van der Waals surface area contributed by atoms with Crippen molar-refractivity contribution in [2.45, 2.75) is 24.2 Å². The van der Waals surface area contributed by atoms with Crippen molar-refractivity contribution in [3.8, 4) is 0 Å². The van der Waals surface area contributed by atoms with E-state index < -0.39 is 21.3 Å². The van der Waals surface area contributed by atoms with Crippen molar-refractivity contribution in [1.29, 1.82) is 0 Å². The highest BCUT2D eigenvalue weighted by molar-refractivity contribution is 7.90. The first-order chi connectivity index (χ1) is 6.86. The van der Waals surface area contributed by atoms with Crippen LogP contribution < -0.4 is 4.72 Å². The molecule has 5 nitrogen and oxygen atoms in total. The quantitative estimate of drug-likeness (QED) is 0.684. The average molecular weight is 226 g/mol. The molecule has 1 aromatic heterocycles. The smallest absolute Gasteiger partial charge is 0.265 e. The Morgan fingerprint density at radius 2 is 2.07 bits per heavy atom. The number of carbonyl (C=O) groups excluding carboxylic acids is 1. The SMILES string of the molecule is CC1(C)C(=O)NS(=O)(=O)c2cccnc21. The van der Waals surface area contributed by atoms with Crippen molar-refractivity contribution in [2.75, 3.05) is 0 Å². The maximum atomic E-state index is 11.6. The molecule has 0 saturated heterocycles. The molecule has 1 aliphatic heterocycles. The Bertz CT molecular complexity index is 534. The topological polar surface area (TPSA) is 76.1 Å². The Morgan fingerprint density at radius 3 is 2.73 bits per heavy atom. The summed E-state index contributed by atoms with van der Waals surface area (Å²) >= 11 is 0. The molecule has 0 spiro atoms. The fourth-order valence-electron chi connectivity index (χ4n) is 1.49. The van der Waals surface area contributed by atoms with Gasteiger partial charge in [0.15, 0.2) is 0 Å². The number of hydrogen-bond donors (Lipinski definition) is 1. The average Bonchev–Trinajstić information content (AvgIpc) is 2.15. The Morgan fingerprint density at radius 1 is 1.40 bits per heavy atom. The molecule has 1 aromatic rings. The Kier molecular flexibility index (Phi) is 1.88. The monoisotopic (exact) mass is 226 g/mol. The van der Waals surface area contributed by atoms with E-state index in [0.717, 1.165) is 0 Å². The van der Waals surface area contributed by atoms with Crippen LogP contribution in [0, 0.1) is 0 Å².